The maximum Gasteiger partial charge on any atom is 0.241 e. The highest BCUT2D eigenvalue weighted by atomic mass is 16.2. The number of nitrogens with zero attached hydrogens (tertiary/aromatic N) is 1. The molecule has 8 heavy (non-hydrogen) atoms. The number of Topliss-reactive ketones (excluding diaryl/α,β-unsaturated/α-hetero) is 1. The summed E-state index contributed by atoms with van der Waals surface area (Å²) in [7, 11) is 0. The zero-order chi connectivity index (χ0) is 6.57. The van der Waals surface area contributed by atoms with Crippen LogP contribution in [0.3, 0.4) is 0 Å². The monoisotopic (exact) mass is 112 g/mol. The Morgan fingerprint density at radius 1 is 1.62 bits per heavy atom. The van der Waals surface area contributed by atoms with Crippen LogP contribution in [0.25, 0.3) is 0 Å². The number of carbonyl (C=O) groups is 2. The van der Waals surface area contributed by atoms with Gasteiger partial charge in [-0.3, -0.25) is 9.59 Å². The molecule has 0 radical (unpaired) electrons. The van der Waals surface area contributed by atoms with Crippen LogP contribution in [0.4, 0.5) is 0 Å². The lowest BCUT2D eigenvalue weighted by molar-refractivity contribution is -0.123. The highest BCUT2D eigenvalue weighted by molar-refractivity contribution is 6.05. The fourth-order valence-electron chi connectivity index (χ4n) is 0.198. The molecule has 4 nitrogen and oxygen atoms in total. The molecular weight excluding hydrogens is 108 g/mol. The zero-order valence-electron chi connectivity index (χ0n) is 4.05. The molecule has 0 aromatic heterocycles. The summed E-state index contributed by atoms with van der Waals surface area (Å²) in [6.07, 6.45) is -0.476. The van der Waals surface area contributed by atoms with Crippen LogP contribution in [-0.4, -0.2) is 11.7 Å². The van der Waals surface area contributed by atoms with Gasteiger partial charge < -0.3 is 5.73 Å². The predicted octanol–water partition coefficient (Wildman–Crippen LogP) is -1.05. The van der Waals surface area contributed by atoms with Gasteiger partial charge in [0.05, 0.1) is 6.42 Å². The summed E-state index contributed by atoms with van der Waals surface area (Å²) in [5.41, 5.74) is 4.56. The largest absolute Gasteiger partial charge is 0.369 e. The van der Waals surface area contributed by atoms with Gasteiger partial charge in [0.1, 0.15) is 6.07 Å². The van der Waals surface area contributed by atoms with Gasteiger partial charge in [0, 0.05) is 0 Å². The molecule has 0 heterocycles. The minimum Gasteiger partial charge on any atom is -0.369 e. The zero-order valence-corrected chi connectivity index (χ0v) is 4.05. The molecule has 0 aliphatic rings. The minimum atomic E-state index is -0.794. The summed E-state index contributed by atoms with van der Waals surface area (Å²) in [6, 6.07) is 1.26. The lowest BCUT2D eigenvalue weighted by atomic mass is 10.3. The Morgan fingerprint density at radius 3 is 2.25 bits per heavy atom. The first-order valence-corrected chi connectivity index (χ1v) is 1.88. The lowest BCUT2D eigenvalue weighted by Crippen LogP contribution is -2.14. The molecule has 0 saturated carbocycles. The van der Waals surface area contributed by atoms with Crippen molar-refractivity contribution in [2.24, 2.45) is 5.73 Å². The van der Waals surface area contributed by atoms with Gasteiger partial charge in [-0.1, -0.05) is 0 Å². The van der Waals surface area contributed by atoms with Gasteiger partial charge >= 0.3 is 0 Å². The van der Waals surface area contributed by atoms with Crippen molar-refractivity contribution in [2.75, 3.05) is 0 Å². The molecule has 2 N–H and O–H groups in total. The number of hydrogen-bond acceptors (Lipinski definition) is 3. The van der Waals surface area contributed by atoms with E-state index in [0.717, 1.165) is 0 Å². The smallest absolute Gasteiger partial charge is 0.241 e. The summed E-state index contributed by atoms with van der Waals surface area (Å²) in [5.74, 6) is -1.56. The van der Waals surface area contributed by atoms with Crippen molar-refractivity contribution >= 4 is 11.7 Å². The van der Waals surface area contributed by atoms with E-state index in [0.29, 0.717) is 0 Å². The molecule has 0 aromatic rings. The van der Waals surface area contributed by atoms with Crippen molar-refractivity contribution in [1.29, 1.82) is 5.26 Å². The molecule has 0 aliphatic carbocycles. The van der Waals surface area contributed by atoms with Crippen molar-refractivity contribution in [3.63, 3.8) is 0 Å². The molecule has 0 unspecified atom stereocenters. The van der Waals surface area contributed by atoms with E-state index < -0.39 is 18.1 Å². The van der Waals surface area contributed by atoms with Crippen LogP contribution >= 0.6 is 0 Å². The number of hydrogen-bond donors (Lipinski definition) is 1. The van der Waals surface area contributed by atoms with Gasteiger partial charge in [-0.05, 0) is 0 Å². The van der Waals surface area contributed by atoms with Crippen LogP contribution in [-0.2, 0) is 9.59 Å². The van der Waals surface area contributed by atoms with E-state index in [9.17, 15) is 9.59 Å². The van der Waals surface area contributed by atoms with Gasteiger partial charge in [0.2, 0.25) is 11.7 Å². The highest BCUT2D eigenvalue weighted by Gasteiger charge is 2.01. The average Bonchev–Trinajstić information content (AvgIpc) is 1.65. The quantitative estimate of drug-likeness (QED) is 0.365. The molecule has 0 saturated heterocycles. The number of amides is 1. The summed E-state index contributed by atoms with van der Waals surface area (Å²) in [5, 5.41) is 7.78. The van der Waals surface area contributed by atoms with Crippen molar-refractivity contribution in [3.8, 4) is 6.07 Å². The first-order chi connectivity index (χ1) is 3.66. The molecule has 0 rings (SSSR count). The third-order valence-electron chi connectivity index (χ3n) is 0.459. The first kappa shape index (κ1) is 6.63. The van der Waals surface area contributed by atoms with Crippen LogP contribution in [0, 0.1) is 11.3 Å². The molecule has 1 amide bonds. The van der Waals surface area contributed by atoms with E-state index in [1.165, 1.54) is 6.07 Å². The number of ketones is 1. The van der Waals surface area contributed by atoms with Crippen LogP contribution in [0.1, 0.15) is 6.42 Å². The molecule has 0 atom stereocenters. The second-order valence-electron chi connectivity index (χ2n) is 1.18. The summed E-state index contributed by atoms with van der Waals surface area (Å²) in [6.45, 7) is 0. The van der Waals surface area contributed by atoms with E-state index in [1.807, 2.05) is 0 Å². The van der Waals surface area contributed by atoms with E-state index in [-0.39, 0.29) is 0 Å². The van der Waals surface area contributed by atoms with Gasteiger partial charge in [-0.2, -0.15) is 5.26 Å². The van der Waals surface area contributed by atoms with E-state index >= 15 is 0 Å². The van der Waals surface area contributed by atoms with Crippen molar-refractivity contribution < 1.29 is 9.59 Å². The second-order valence-corrected chi connectivity index (χ2v) is 1.18. The molecule has 42 valence electrons. The third-order valence-corrected chi connectivity index (χ3v) is 0.459. The Hall–Kier alpha value is -1.37. The number of nitriles is 1. The van der Waals surface area contributed by atoms with E-state index in [2.05, 4.69) is 5.73 Å². The van der Waals surface area contributed by atoms with Crippen molar-refractivity contribution in [2.45, 2.75) is 6.42 Å². The highest BCUT2D eigenvalue weighted by Crippen LogP contribution is 1.75. The summed E-state index contributed by atoms with van der Waals surface area (Å²) >= 11 is 0. The molecule has 4 heteroatoms. The van der Waals surface area contributed by atoms with Gasteiger partial charge in [-0.15, -0.1) is 0 Å². The minimum absolute atomic E-state index is 0.476. The fraction of sp³-hybridized carbons (Fsp3) is 0.250. The molecule has 0 bridgehead atoms. The third kappa shape index (κ3) is 2.85. The topological polar surface area (TPSA) is 83.9 Å². The SMILES string of the molecule is N#CC(=O)CC(N)=O. The summed E-state index contributed by atoms with van der Waals surface area (Å²) < 4.78 is 0. The number of nitrogens with two attached hydrogens (primary N) is 1. The van der Waals surface area contributed by atoms with E-state index in [4.69, 9.17) is 5.26 Å². The fourth-order valence-corrected chi connectivity index (χ4v) is 0.198. The van der Waals surface area contributed by atoms with Crippen molar-refractivity contribution in [1.82, 2.24) is 0 Å². The molecular formula is C4H4N2O2. The second kappa shape index (κ2) is 2.75. The molecule has 0 fully saturated rings. The van der Waals surface area contributed by atoms with Gasteiger partial charge in [0.25, 0.3) is 0 Å². The summed E-state index contributed by atoms with van der Waals surface area (Å²) in [4.78, 5) is 19.8. The first-order valence-electron chi connectivity index (χ1n) is 1.88. The van der Waals surface area contributed by atoms with Crippen LogP contribution in [0.15, 0.2) is 0 Å². The van der Waals surface area contributed by atoms with Gasteiger partial charge in [-0.25, -0.2) is 0 Å². The average molecular weight is 112 g/mol. The number of rotatable bonds is 2. The Kier molecular flexibility index (Phi) is 2.28. The van der Waals surface area contributed by atoms with Gasteiger partial charge in [0.15, 0.2) is 0 Å². The maximum absolute atomic E-state index is 9.96. The normalized spacial score (nSPS) is 7.38. The van der Waals surface area contributed by atoms with Crippen LogP contribution in [0.2, 0.25) is 0 Å². The molecule has 0 aromatic carbocycles. The Balaban J connectivity index is 3.61. The number of carbonyl (C=O) groups excluding carboxylic acids is 2. The van der Waals surface area contributed by atoms with Crippen LogP contribution < -0.4 is 5.73 Å². The van der Waals surface area contributed by atoms with E-state index in [1.54, 1.807) is 0 Å². The maximum atomic E-state index is 9.96. The number of primary amides is 1. The lowest BCUT2D eigenvalue weighted by Gasteiger charge is -1.79. The Morgan fingerprint density at radius 2 is 2.12 bits per heavy atom. The molecule has 0 aliphatic heterocycles. The standard InChI is InChI=1S/C4H4N2O2/c5-2-3(7)1-4(6)8/h1H2,(H2,6,8). The van der Waals surface area contributed by atoms with Crippen LogP contribution in [0.5, 0.6) is 0 Å². The predicted molar refractivity (Wildman–Crippen MR) is 24.4 cm³/mol. The Labute approximate surface area is 45.9 Å². The Bertz CT molecular complexity index is 156. The molecule has 0 spiro atoms. The van der Waals surface area contributed by atoms with Crippen molar-refractivity contribution in [3.05, 3.63) is 0 Å².